The number of ether oxygens (including phenoxy) is 1. The Kier molecular flexibility index (Phi) is 3.99. The summed E-state index contributed by atoms with van der Waals surface area (Å²) in [6, 6.07) is 13.6. The molecule has 2 aromatic rings. The first-order chi connectivity index (χ1) is 8.31. The quantitative estimate of drug-likeness (QED) is 0.757. The fourth-order valence-corrected chi connectivity index (χ4v) is 1.69. The van der Waals surface area contributed by atoms with Crippen LogP contribution in [0.1, 0.15) is 18.2 Å². The number of alkyl halides is 1. The Morgan fingerprint density at radius 3 is 2.76 bits per heavy atom. The molecule has 3 heteroatoms. The third-order valence-corrected chi connectivity index (χ3v) is 2.72. The molecular formula is C14H14ClNO. The van der Waals surface area contributed by atoms with Gasteiger partial charge in [-0.25, -0.2) is 4.98 Å². The molecule has 0 aliphatic rings. The van der Waals surface area contributed by atoms with Gasteiger partial charge in [0.25, 0.3) is 0 Å². The van der Waals surface area contributed by atoms with Gasteiger partial charge in [0, 0.05) is 6.07 Å². The number of pyridine rings is 1. The maximum atomic E-state index is 5.73. The highest BCUT2D eigenvalue weighted by atomic mass is 35.5. The fourth-order valence-electron chi connectivity index (χ4n) is 1.54. The number of aromatic nitrogens is 1. The van der Waals surface area contributed by atoms with Crippen LogP contribution in [0.4, 0.5) is 0 Å². The first kappa shape index (κ1) is 11.9. The second-order valence-electron chi connectivity index (χ2n) is 3.70. The highest BCUT2D eigenvalue weighted by Crippen LogP contribution is 2.21. The average molecular weight is 248 g/mol. The van der Waals surface area contributed by atoms with Crippen LogP contribution in [-0.2, 0) is 12.3 Å². The topological polar surface area (TPSA) is 22.1 Å². The molecule has 0 bridgehead atoms. The van der Waals surface area contributed by atoms with Gasteiger partial charge in [-0.3, -0.25) is 0 Å². The largest absolute Gasteiger partial charge is 0.439 e. The van der Waals surface area contributed by atoms with Crippen molar-refractivity contribution in [3.63, 3.8) is 0 Å². The van der Waals surface area contributed by atoms with E-state index in [0.717, 1.165) is 17.9 Å². The number of hydrogen-bond acceptors (Lipinski definition) is 2. The van der Waals surface area contributed by atoms with Crippen molar-refractivity contribution in [1.82, 2.24) is 4.98 Å². The van der Waals surface area contributed by atoms with Crippen LogP contribution in [0.2, 0.25) is 0 Å². The Morgan fingerprint density at radius 1 is 1.18 bits per heavy atom. The number of aryl methyl sites for hydroxylation is 1. The van der Waals surface area contributed by atoms with Crippen LogP contribution >= 0.6 is 11.6 Å². The maximum Gasteiger partial charge on any atom is 0.219 e. The number of benzene rings is 1. The van der Waals surface area contributed by atoms with Crippen molar-refractivity contribution in [1.29, 1.82) is 0 Å². The molecule has 1 aromatic carbocycles. The summed E-state index contributed by atoms with van der Waals surface area (Å²) in [4.78, 5) is 4.29. The van der Waals surface area contributed by atoms with Crippen LogP contribution < -0.4 is 4.74 Å². The van der Waals surface area contributed by atoms with E-state index in [4.69, 9.17) is 16.3 Å². The lowest BCUT2D eigenvalue weighted by atomic mass is 10.2. The summed E-state index contributed by atoms with van der Waals surface area (Å²) >= 11 is 5.73. The van der Waals surface area contributed by atoms with E-state index < -0.39 is 0 Å². The van der Waals surface area contributed by atoms with Gasteiger partial charge in [-0.2, -0.15) is 0 Å². The van der Waals surface area contributed by atoms with Crippen molar-refractivity contribution in [2.75, 3.05) is 0 Å². The highest BCUT2D eigenvalue weighted by Gasteiger charge is 2.00. The van der Waals surface area contributed by atoms with Gasteiger partial charge in [0.1, 0.15) is 5.75 Å². The van der Waals surface area contributed by atoms with E-state index in [1.54, 1.807) is 0 Å². The van der Waals surface area contributed by atoms with E-state index in [0.29, 0.717) is 11.8 Å². The Labute approximate surface area is 106 Å². The van der Waals surface area contributed by atoms with Gasteiger partial charge >= 0.3 is 0 Å². The molecule has 0 fully saturated rings. The van der Waals surface area contributed by atoms with Gasteiger partial charge in [0.2, 0.25) is 5.88 Å². The lowest BCUT2D eigenvalue weighted by Crippen LogP contribution is -1.91. The lowest BCUT2D eigenvalue weighted by molar-refractivity contribution is 0.461. The third kappa shape index (κ3) is 3.21. The zero-order chi connectivity index (χ0) is 12.1. The molecule has 88 valence electrons. The van der Waals surface area contributed by atoms with Crippen molar-refractivity contribution in [3.05, 3.63) is 53.7 Å². The molecule has 0 saturated heterocycles. The number of nitrogens with zero attached hydrogens (tertiary/aromatic N) is 1. The van der Waals surface area contributed by atoms with Crippen molar-refractivity contribution in [3.8, 4) is 11.6 Å². The number of hydrogen-bond donors (Lipinski definition) is 0. The van der Waals surface area contributed by atoms with Crippen LogP contribution in [0.5, 0.6) is 11.6 Å². The second kappa shape index (κ2) is 5.69. The van der Waals surface area contributed by atoms with E-state index in [1.807, 2.05) is 36.4 Å². The summed E-state index contributed by atoms with van der Waals surface area (Å²) < 4.78 is 5.69. The average Bonchev–Trinajstić information content (AvgIpc) is 2.39. The zero-order valence-corrected chi connectivity index (χ0v) is 10.4. The summed E-state index contributed by atoms with van der Waals surface area (Å²) in [5, 5.41) is 0. The Morgan fingerprint density at radius 2 is 2.00 bits per heavy atom. The van der Waals surface area contributed by atoms with Crippen molar-refractivity contribution >= 4 is 11.6 Å². The summed E-state index contributed by atoms with van der Waals surface area (Å²) in [5.74, 6) is 1.78. The molecular weight excluding hydrogens is 234 g/mol. The monoisotopic (exact) mass is 247 g/mol. The van der Waals surface area contributed by atoms with Gasteiger partial charge in [-0.05, 0) is 30.2 Å². The van der Waals surface area contributed by atoms with Crippen LogP contribution in [0.25, 0.3) is 0 Å². The number of halogens is 1. The van der Waals surface area contributed by atoms with Gasteiger partial charge in [0.05, 0.1) is 11.6 Å². The molecule has 0 amide bonds. The second-order valence-corrected chi connectivity index (χ2v) is 3.97. The predicted octanol–water partition coefficient (Wildman–Crippen LogP) is 4.18. The molecule has 0 aliphatic heterocycles. The first-order valence-corrected chi connectivity index (χ1v) is 6.14. The Hall–Kier alpha value is -1.54. The summed E-state index contributed by atoms with van der Waals surface area (Å²) in [5.41, 5.74) is 2.06. The van der Waals surface area contributed by atoms with E-state index in [9.17, 15) is 0 Å². The Bertz CT molecular complexity index is 454. The minimum Gasteiger partial charge on any atom is -0.439 e. The van der Waals surface area contributed by atoms with Gasteiger partial charge in [-0.15, -0.1) is 11.6 Å². The van der Waals surface area contributed by atoms with Gasteiger partial charge < -0.3 is 4.74 Å². The molecule has 1 heterocycles. The van der Waals surface area contributed by atoms with E-state index in [1.165, 1.54) is 5.56 Å². The van der Waals surface area contributed by atoms with Gasteiger partial charge in [0.15, 0.2) is 0 Å². The van der Waals surface area contributed by atoms with E-state index in [2.05, 4.69) is 18.0 Å². The molecule has 0 aliphatic carbocycles. The molecule has 0 saturated carbocycles. The van der Waals surface area contributed by atoms with Crippen LogP contribution in [0.15, 0.2) is 42.5 Å². The predicted molar refractivity (Wildman–Crippen MR) is 69.7 cm³/mol. The molecule has 0 atom stereocenters. The minimum absolute atomic E-state index is 0.395. The van der Waals surface area contributed by atoms with Gasteiger partial charge in [-0.1, -0.05) is 25.1 Å². The molecule has 1 aromatic heterocycles. The zero-order valence-electron chi connectivity index (χ0n) is 9.69. The van der Waals surface area contributed by atoms with Crippen molar-refractivity contribution in [2.24, 2.45) is 0 Å². The lowest BCUT2D eigenvalue weighted by Gasteiger charge is -2.06. The standard InChI is InChI=1S/C14H14ClNO/c1-2-11-5-3-7-13(9-11)17-14-8-4-6-12(10-15)16-14/h3-9H,2,10H2,1H3. The normalized spacial score (nSPS) is 10.2. The molecule has 17 heavy (non-hydrogen) atoms. The summed E-state index contributed by atoms with van der Waals surface area (Å²) in [6.07, 6.45) is 0.992. The summed E-state index contributed by atoms with van der Waals surface area (Å²) in [6.45, 7) is 2.12. The molecule has 2 rings (SSSR count). The molecule has 2 nitrogen and oxygen atoms in total. The molecule has 0 unspecified atom stereocenters. The molecule has 0 radical (unpaired) electrons. The maximum absolute atomic E-state index is 5.73. The van der Waals surface area contributed by atoms with Crippen LogP contribution in [0.3, 0.4) is 0 Å². The first-order valence-electron chi connectivity index (χ1n) is 5.60. The summed E-state index contributed by atoms with van der Waals surface area (Å²) in [7, 11) is 0. The van der Waals surface area contributed by atoms with Crippen molar-refractivity contribution < 1.29 is 4.74 Å². The highest BCUT2D eigenvalue weighted by molar-refractivity contribution is 6.16. The minimum atomic E-state index is 0.395. The molecule has 0 spiro atoms. The van der Waals surface area contributed by atoms with Crippen LogP contribution in [-0.4, -0.2) is 4.98 Å². The third-order valence-electron chi connectivity index (χ3n) is 2.45. The smallest absolute Gasteiger partial charge is 0.219 e. The van der Waals surface area contributed by atoms with Crippen LogP contribution in [0, 0.1) is 0 Å². The number of rotatable bonds is 4. The molecule has 0 N–H and O–H groups in total. The SMILES string of the molecule is CCc1cccc(Oc2cccc(CCl)n2)c1. The fraction of sp³-hybridized carbons (Fsp3) is 0.214. The van der Waals surface area contributed by atoms with Crippen molar-refractivity contribution in [2.45, 2.75) is 19.2 Å². The Balaban J connectivity index is 2.18. The van der Waals surface area contributed by atoms with E-state index in [-0.39, 0.29) is 0 Å². The van der Waals surface area contributed by atoms with E-state index >= 15 is 0 Å².